The van der Waals surface area contributed by atoms with Crippen LogP contribution in [0.1, 0.15) is 17.2 Å². The van der Waals surface area contributed by atoms with E-state index in [9.17, 15) is 4.79 Å². The molecule has 1 amide bonds. The summed E-state index contributed by atoms with van der Waals surface area (Å²) in [5.41, 5.74) is 2.02. The van der Waals surface area contributed by atoms with Gasteiger partial charge in [-0.15, -0.1) is 0 Å². The number of carbonyl (C=O) groups is 1. The average molecular weight is 314 g/mol. The molecular weight excluding hydrogens is 298 g/mol. The maximum Gasteiger partial charge on any atom is 0.258 e. The van der Waals surface area contributed by atoms with Crippen LogP contribution < -0.4 is 0 Å². The Hall–Kier alpha value is -2.10. The summed E-state index contributed by atoms with van der Waals surface area (Å²) in [6.45, 7) is 0. The van der Waals surface area contributed by atoms with Crippen LogP contribution >= 0.6 is 11.6 Å². The van der Waals surface area contributed by atoms with E-state index in [2.05, 4.69) is 0 Å². The summed E-state index contributed by atoms with van der Waals surface area (Å²) in [4.78, 5) is 13.9. The molecule has 22 heavy (non-hydrogen) atoms. The van der Waals surface area contributed by atoms with E-state index in [1.54, 1.807) is 30.3 Å². The number of likely N-dealkylation sites (N-methyl/N-ethyl adjacent to an activating group) is 1. The highest BCUT2D eigenvalue weighted by atomic mass is 35.5. The third-order valence-corrected chi connectivity index (χ3v) is 3.82. The monoisotopic (exact) mass is 313 g/mol. The molecule has 0 spiro atoms. The van der Waals surface area contributed by atoms with Crippen LogP contribution in [0.25, 0.3) is 6.08 Å². The SMILES string of the molecule is CN(/C=C/c1ccccc1)C(=O)[C@@H]1O[C@H]1c1ccc(Cl)cc1. The van der Waals surface area contributed by atoms with Gasteiger partial charge in [-0.05, 0) is 29.3 Å². The molecule has 1 aliphatic rings. The Bertz CT molecular complexity index is 682. The van der Waals surface area contributed by atoms with Crippen LogP contribution in [0.2, 0.25) is 5.02 Å². The summed E-state index contributed by atoms with van der Waals surface area (Å²) >= 11 is 5.86. The maximum atomic E-state index is 12.3. The van der Waals surface area contributed by atoms with E-state index < -0.39 is 6.10 Å². The molecule has 0 aromatic heterocycles. The largest absolute Gasteiger partial charge is 0.354 e. The average Bonchev–Trinajstić information content (AvgIpc) is 3.34. The molecule has 3 rings (SSSR count). The van der Waals surface area contributed by atoms with Crippen LogP contribution in [0.3, 0.4) is 0 Å². The molecule has 2 atom stereocenters. The van der Waals surface area contributed by atoms with Crippen molar-refractivity contribution in [2.45, 2.75) is 12.2 Å². The minimum atomic E-state index is -0.411. The van der Waals surface area contributed by atoms with Gasteiger partial charge in [0.25, 0.3) is 5.91 Å². The van der Waals surface area contributed by atoms with E-state index in [0.29, 0.717) is 5.02 Å². The molecule has 1 saturated heterocycles. The number of halogens is 1. The molecule has 4 heteroatoms. The Morgan fingerprint density at radius 3 is 2.50 bits per heavy atom. The van der Waals surface area contributed by atoms with Crippen LogP contribution in [-0.2, 0) is 9.53 Å². The Kier molecular flexibility index (Phi) is 4.27. The number of amides is 1. The van der Waals surface area contributed by atoms with Gasteiger partial charge >= 0.3 is 0 Å². The van der Waals surface area contributed by atoms with Crippen molar-refractivity contribution in [1.82, 2.24) is 4.90 Å². The number of benzene rings is 2. The number of epoxide rings is 1. The number of hydrogen-bond donors (Lipinski definition) is 0. The number of carbonyl (C=O) groups excluding carboxylic acids is 1. The van der Waals surface area contributed by atoms with Crippen molar-refractivity contribution in [2.75, 3.05) is 7.05 Å². The number of ether oxygens (including phenoxy) is 1. The van der Waals surface area contributed by atoms with Crippen molar-refractivity contribution in [1.29, 1.82) is 0 Å². The van der Waals surface area contributed by atoms with Crippen molar-refractivity contribution < 1.29 is 9.53 Å². The number of hydrogen-bond acceptors (Lipinski definition) is 2. The quantitative estimate of drug-likeness (QED) is 0.802. The standard InChI is InChI=1S/C18H16ClNO2/c1-20(12-11-13-5-3-2-4-6-13)18(21)17-16(22-17)14-7-9-15(19)10-8-14/h2-12,16-17H,1H3/b12-11+/t16-,17+/m0/s1. The molecule has 1 aliphatic heterocycles. The minimum Gasteiger partial charge on any atom is -0.354 e. The molecule has 1 fully saturated rings. The molecule has 0 radical (unpaired) electrons. The van der Waals surface area contributed by atoms with Crippen LogP contribution in [0.15, 0.2) is 60.8 Å². The highest BCUT2D eigenvalue weighted by Gasteiger charge is 2.47. The normalized spacial score (nSPS) is 20.1. The fourth-order valence-corrected chi connectivity index (χ4v) is 2.37. The molecule has 112 valence electrons. The van der Waals surface area contributed by atoms with E-state index in [1.807, 2.05) is 48.5 Å². The maximum absolute atomic E-state index is 12.3. The topological polar surface area (TPSA) is 32.8 Å². The predicted molar refractivity (Wildman–Crippen MR) is 87.3 cm³/mol. The minimum absolute atomic E-state index is 0.0490. The van der Waals surface area contributed by atoms with Gasteiger partial charge in [0.05, 0.1) is 0 Å². The molecule has 1 heterocycles. The zero-order valence-electron chi connectivity index (χ0n) is 12.1. The first kappa shape index (κ1) is 14.8. The summed E-state index contributed by atoms with van der Waals surface area (Å²) in [6, 6.07) is 17.2. The van der Waals surface area contributed by atoms with Gasteiger partial charge in [0.1, 0.15) is 6.10 Å². The molecular formula is C18H16ClNO2. The first-order valence-electron chi connectivity index (χ1n) is 7.06. The molecule has 2 aromatic rings. The Labute approximate surface area is 134 Å². The molecule has 0 unspecified atom stereocenters. The number of nitrogens with zero attached hydrogens (tertiary/aromatic N) is 1. The molecule has 0 saturated carbocycles. The molecule has 2 aromatic carbocycles. The van der Waals surface area contributed by atoms with Gasteiger partial charge in [0.15, 0.2) is 6.10 Å². The summed E-state index contributed by atoms with van der Waals surface area (Å²) in [5, 5.41) is 0.676. The van der Waals surface area contributed by atoms with E-state index >= 15 is 0 Å². The van der Waals surface area contributed by atoms with Crippen molar-refractivity contribution in [3.63, 3.8) is 0 Å². The van der Waals surface area contributed by atoms with E-state index in [4.69, 9.17) is 16.3 Å². The Morgan fingerprint density at radius 1 is 1.14 bits per heavy atom. The van der Waals surface area contributed by atoms with Crippen LogP contribution in [-0.4, -0.2) is 24.0 Å². The zero-order chi connectivity index (χ0) is 15.5. The first-order valence-corrected chi connectivity index (χ1v) is 7.44. The second-order valence-electron chi connectivity index (χ2n) is 5.20. The van der Waals surface area contributed by atoms with Crippen molar-refractivity contribution in [2.24, 2.45) is 0 Å². The Balaban J connectivity index is 1.60. The molecule has 0 bridgehead atoms. The fraction of sp³-hybridized carbons (Fsp3) is 0.167. The summed E-state index contributed by atoms with van der Waals surface area (Å²) < 4.78 is 5.51. The predicted octanol–water partition coefficient (Wildman–Crippen LogP) is 3.91. The third kappa shape index (κ3) is 3.38. The van der Waals surface area contributed by atoms with Gasteiger partial charge < -0.3 is 9.64 Å². The first-order chi connectivity index (χ1) is 10.6. The van der Waals surface area contributed by atoms with E-state index in [-0.39, 0.29) is 12.0 Å². The lowest BCUT2D eigenvalue weighted by atomic mass is 10.1. The zero-order valence-corrected chi connectivity index (χ0v) is 12.9. The van der Waals surface area contributed by atoms with Gasteiger partial charge in [-0.25, -0.2) is 0 Å². The van der Waals surface area contributed by atoms with Crippen molar-refractivity contribution >= 4 is 23.6 Å². The van der Waals surface area contributed by atoms with Gasteiger partial charge in [0.2, 0.25) is 0 Å². The van der Waals surface area contributed by atoms with Crippen molar-refractivity contribution in [3.05, 3.63) is 76.9 Å². The highest BCUT2D eigenvalue weighted by molar-refractivity contribution is 6.30. The van der Waals surface area contributed by atoms with E-state index in [1.165, 1.54) is 0 Å². The summed E-state index contributed by atoms with van der Waals surface area (Å²) in [5.74, 6) is -0.0490. The van der Waals surface area contributed by atoms with E-state index in [0.717, 1.165) is 11.1 Å². The fourth-order valence-electron chi connectivity index (χ4n) is 2.24. The van der Waals surface area contributed by atoms with Crippen LogP contribution in [0.4, 0.5) is 0 Å². The smallest absolute Gasteiger partial charge is 0.258 e. The Morgan fingerprint density at radius 2 is 1.82 bits per heavy atom. The lowest BCUT2D eigenvalue weighted by Gasteiger charge is -2.10. The number of rotatable bonds is 4. The second-order valence-corrected chi connectivity index (χ2v) is 5.64. The lowest BCUT2D eigenvalue weighted by molar-refractivity contribution is -0.128. The van der Waals surface area contributed by atoms with Crippen molar-refractivity contribution in [3.8, 4) is 0 Å². The van der Waals surface area contributed by atoms with Gasteiger partial charge in [-0.1, -0.05) is 54.1 Å². The highest BCUT2D eigenvalue weighted by Crippen LogP contribution is 2.40. The molecule has 3 nitrogen and oxygen atoms in total. The molecule has 0 aliphatic carbocycles. The van der Waals surface area contributed by atoms with Crippen LogP contribution in [0.5, 0.6) is 0 Å². The molecule has 0 N–H and O–H groups in total. The van der Waals surface area contributed by atoms with Gasteiger partial charge in [-0.3, -0.25) is 4.79 Å². The third-order valence-electron chi connectivity index (χ3n) is 3.57. The second kappa shape index (κ2) is 6.34. The summed E-state index contributed by atoms with van der Waals surface area (Å²) in [6.07, 6.45) is 3.08. The van der Waals surface area contributed by atoms with Gasteiger partial charge in [-0.2, -0.15) is 0 Å². The van der Waals surface area contributed by atoms with Gasteiger partial charge in [0, 0.05) is 18.3 Å². The van der Waals surface area contributed by atoms with Crippen LogP contribution in [0, 0.1) is 0 Å². The summed E-state index contributed by atoms with van der Waals surface area (Å²) in [7, 11) is 1.74. The lowest BCUT2D eigenvalue weighted by Crippen LogP contribution is -2.26.